The first-order valence-corrected chi connectivity index (χ1v) is 7.32. The number of nitrogens with one attached hydrogen (secondary N) is 1. The maximum atomic E-state index is 12.6. The molecule has 0 aromatic carbocycles. The molecule has 0 aromatic heterocycles. The van der Waals surface area contributed by atoms with Crippen LogP contribution in [0.4, 0.5) is 0 Å². The Morgan fingerprint density at radius 2 is 1.71 bits per heavy atom. The summed E-state index contributed by atoms with van der Waals surface area (Å²) in [4.78, 5) is 23.9. The van der Waals surface area contributed by atoms with E-state index in [4.69, 9.17) is 16.7 Å². The highest BCUT2D eigenvalue weighted by atomic mass is 16.4. The molecule has 0 unspecified atom stereocenters. The molecule has 1 fully saturated rings. The molecular formula is C14H26N4O3. The smallest absolute Gasteiger partial charge is 0.233 e. The summed E-state index contributed by atoms with van der Waals surface area (Å²) in [6, 6.07) is 0. The van der Waals surface area contributed by atoms with E-state index in [9.17, 15) is 9.59 Å². The van der Waals surface area contributed by atoms with E-state index in [0.717, 1.165) is 25.7 Å². The van der Waals surface area contributed by atoms with Crippen LogP contribution in [0.15, 0.2) is 5.16 Å². The average molecular weight is 298 g/mol. The topological polar surface area (TPSA) is 131 Å². The first kappa shape index (κ1) is 17.3. The Balaban J connectivity index is 2.89. The van der Waals surface area contributed by atoms with Crippen LogP contribution in [-0.4, -0.2) is 29.4 Å². The van der Waals surface area contributed by atoms with Gasteiger partial charge in [-0.1, -0.05) is 30.8 Å². The van der Waals surface area contributed by atoms with Gasteiger partial charge in [-0.05, 0) is 26.7 Å². The lowest BCUT2D eigenvalue weighted by Crippen LogP contribution is -2.52. The molecule has 0 atom stereocenters. The molecular weight excluding hydrogens is 272 g/mol. The van der Waals surface area contributed by atoms with Crippen molar-refractivity contribution in [3.63, 3.8) is 0 Å². The molecule has 0 radical (unpaired) electrons. The number of nitrogens with zero attached hydrogens (tertiary/aromatic N) is 1. The van der Waals surface area contributed by atoms with Crippen LogP contribution in [0, 0.1) is 10.8 Å². The molecule has 0 heterocycles. The van der Waals surface area contributed by atoms with E-state index < -0.39 is 16.7 Å². The van der Waals surface area contributed by atoms with Gasteiger partial charge in [0.05, 0.1) is 5.41 Å². The fraction of sp³-hybridized carbons (Fsp3) is 0.786. The van der Waals surface area contributed by atoms with Gasteiger partial charge in [-0.3, -0.25) is 9.59 Å². The fourth-order valence-electron chi connectivity index (χ4n) is 2.58. The highest BCUT2D eigenvalue weighted by Crippen LogP contribution is 2.35. The van der Waals surface area contributed by atoms with Crippen molar-refractivity contribution in [2.24, 2.45) is 27.5 Å². The Hall–Kier alpha value is -1.79. The molecule has 7 nitrogen and oxygen atoms in total. The van der Waals surface area contributed by atoms with Gasteiger partial charge in [0.25, 0.3) is 0 Å². The van der Waals surface area contributed by atoms with E-state index in [1.54, 1.807) is 13.8 Å². The van der Waals surface area contributed by atoms with E-state index >= 15 is 0 Å². The second kappa shape index (κ2) is 6.78. The third-order valence-electron chi connectivity index (χ3n) is 4.35. The van der Waals surface area contributed by atoms with Gasteiger partial charge in [0.15, 0.2) is 5.84 Å². The summed E-state index contributed by atoms with van der Waals surface area (Å²) in [5.41, 5.74) is 9.27. The maximum Gasteiger partial charge on any atom is 0.233 e. The third-order valence-corrected chi connectivity index (χ3v) is 4.35. The molecule has 1 aliphatic carbocycles. The first-order valence-electron chi connectivity index (χ1n) is 7.32. The van der Waals surface area contributed by atoms with E-state index in [1.807, 2.05) is 0 Å². The van der Waals surface area contributed by atoms with E-state index in [1.165, 1.54) is 0 Å². The maximum absolute atomic E-state index is 12.6. The van der Waals surface area contributed by atoms with Crippen LogP contribution >= 0.6 is 0 Å². The molecule has 7 heteroatoms. The summed E-state index contributed by atoms with van der Waals surface area (Å²) < 4.78 is 0. The van der Waals surface area contributed by atoms with Crippen molar-refractivity contribution in [3.8, 4) is 0 Å². The summed E-state index contributed by atoms with van der Waals surface area (Å²) in [6.45, 7) is 3.46. The van der Waals surface area contributed by atoms with Crippen molar-refractivity contribution in [1.29, 1.82) is 0 Å². The number of hydrogen-bond acceptors (Lipinski definition) is 4. The molecule has 1 aliphatic rings. The van der Waals surface area contributed by atoms with E-state index in [-0.39, 0.29) is 18.3 Å². The molecule has 120 valence electrons. The number of oxime groups is 1. The van der Waals surface area contributed by atoms with Gasteiger partial charge in [0.2, 0.25) is 11.8 Å². The molecule has 21 heavy (non-hydrogen) atoms. The normalized spacial score (nSPS) is 19.6. The predicted molar refractivity (Wildman–Crippen MR) is 79.5 cm³/mol. The van der Waals surface area contributed by atoms with Gasteiger partial charge in [0.1, 0.15) is 5.41 Å². The van der Waals surface area contributed by atoms with Crippen molar-refractivity contribution in [3.05, 3.63) is 0 Å². The summed E-state index contributed by atoms with van der Waals surface area (Å²) in [5.74, 6) is -0.839. The number of amidine groups is 1. The van der Waals surface area contributed by atoms with Gasteiger partial charge < -0.3 is 22.0 Å². The molecule has 0 spiro atoms. The predicted octanol–water partition coefficient (Wildman–Crippen LogP) is 0.701. The quantitative estimate of drug-likeness (QED) is 0.195. The van der Waals surface area contributed by atoms with Crippen molar-refractivity contribution in [1.82, 2.24) is 5.32 Å². The van der Waals surface area contributed by atoms with E-state index in [2.05, 4.69) is 10.5 Å². The Labute approximate surface area is 125 Å². The van der Waals surface area contributed by atoms with Crippen LogP contribution in [0.25, 0.3) is 0 Å². The fourth-order valence-corrected chi connectivity index (χ4v) is 2.58. The lowest BCUT2D eigenvalue weighted by atomic mass is 9.78. The van der Waals surface area contributed by atoms with Crippen molar-refractivity contribution in [2.45, 2.75) is 52.4 Å². The summed E-state index contributed by atoms with van der Waals surface area (Å²) in [7, 11) is 0. The number of nitrogens with two attached hydrogens (primary N) is 2. The number of amides is 2. The molecule has 1 saturated carbocycles. The van der Waals surface area contributed by atoms with Crippen molar-refractivity contribution < 1.29 is 14.8 Å². The van der Waals surface area contributed by atoms with Crippen LogP contribution < -0.4 is 16.8 Å². The summed E-state index contributed by atoms with van der Waals surface area (Å²) in [5, 5.41) is 14.8. The molecule has 0 saturated heterocycles. The number of primary amides is 1. The van der Waals surface area contributed by atoms with Gasteiger partial charge in [-0.25, -0.2) is 0 Å². The van der Waals surface area contributed by atoms with Crippen molar-refractivity contribution in [2.75, 3.05) is 6.54 Å². The molecule has 2 amide bonds. The Bertz CT molecular complexity index is 424. The zero-order chi connectivity index (χ0) is 16.1. The first-order chi connectivity index (χ1) is 9.76. The second-order valence-electron chi connectivity index (χ2n) is 6.41. The monoisotopic (exact) mass is 298 g/mol. The molecule has 0 bridgehead atoms. The standard InChI is InChI=1S/C14H26N4O3/c1-13(2,11(16)19)9-17-12(20)14(10(15)18-21)7-5-3-4-6-8-14/h21H,3-9H2,1-2H3,(H2,15,18)(H2,16,19)(H,17,20). The lowest BCUT2D eigenvalue weighted by Gasteiger charge is -2.31. The van der Waals surface area contributed by atoms with Crippen LogP contribution in [0.2, 0.25) is 0 Å². The van der Waals surface area contributed by atoms with Gasteiger partial charge in [0, 0.05) is 6.54 Å². The van der Waals surface area contributed by atoms with Gasteiger partial charge in [-0.15, -0.1) is 0 Å². The number of hydrogen-bond donors (Lipinski definition) is 4. The van der Waals surface area contributed by atoms with Crippen molar-refractivity contribution >= 4 is 17.6 Å². The Morgan fingerprint density at radius 1 is 1.19 bits per heavy atom. The number of carbonyl (C=O) groups excluding carboxylic acids is 2. The van der Waals surface area contributed by atoms with Crippen LogP contribution in [0.1, 0.15) is 52.4 Å². The second-order valence-corrected chi connectivity index (χ2v) is 6.41. The Kier molecular flexibility index (Phi) is 5.57. The highest BCUT2D eigenvalue weighted by molar-refractivity contribution is 6.06. The molecule has 0 aromatic rings. The summed E-state index contributed by atoms with van der Waals surface area (Å²) >= 11 is 0. The zero-order valence-electron chi connectivity index (χ0n) is 12.8. The molecule has 0 aliphatic heterocycles. The van der Waals surface area contributed by atoms with E-state index in [0.29, 0.717) is 12.8 Å². The van der Waals surface area contributed by atoms with Gasteiger partial charge in [-0.2, -0.15) is 0 Å². The minimum Gasteiger partial charge on any atom is -0.409 e. The van der Waals surface area contributed by atoms with Crippen LogP contribution in [-0.2, 0) is 9.59 Å². The minimum absolute atomic E-state index is 0.0567. The lowest BCUT2D eigenvalue weighted by molar-refractivity contribution is -0.130. The SMILES string of the molecule is CC(C)(CNC(=O)C1(C(N)=NO)CCCCCC1)C(N)=O. The third kappa shape index (κ3) is 3.86. The molecule has 1 rings (SSSR count). The average Bonchev–Trinajstić information content (AvgIpc) is 2.70. The zero-order valence-corrected chi connectivity index (χ0v) is 12.8. The molecule has 6 N–H and O–H groups in total. The largest absolute Gasteiger partial charge is 0.409 e. The Morgan fingerprint density at radius 3 is 2.14 bits per heavy atom. The number of carbonyl (C=O) groups is 2. The van der Waals surface area contributed by atoms with Crippen LogP contribution in [0.5, 0.6) is 0 Å². The number of rotatable bonds is 5. The van der Waals surface area contributed by atoms with Crippen LogP contribution in [0.3, 0.4) is 0 Å². The highest BCUT2D eigenvalue weighted by Gasteiger charge is 2.43. The summed E-state index contributed by atoms with van der Waals surface area (Å²) in [6.07, 6.45) is 4.85. The van der Waals surface area contributed by atoms with Gasteiger partial charge >= 0.3 is 0 Å². The minimum atomic E-state index is -0.987.